The number of nitrogens with zero attached hydrogens (tertiary/aromatic N) is 1. The van der Waals surface area contributed by atoms with Crippen LogP contribution >= 0.6 is 0 Å². The molecule has 0 aliphatic carbocycles. The van der Waals surface area contributed by atoms with E-state index in [0.29, 0.717) is 18.6 Å². The standard InChI is InChI=1S/C36H65NO3/c1-4-7-9-10-11-12-13-14-15-16-17-18-19-22-33-27-35(39-26-25-37-24-20-23-34(37)30-38)29-36(28-33)40-31-32(6-3)21-8-5-2/h27-29,32,34,38H,4-26,30-31H2,1-3H3/t32?,34-/m0/s1. The predicted octanol–water partition coefficient (Wildman–Crippen LogP) is 9.75. The Labute approximate surface area is 248 Å². The zero-order valence-corrected chi connectivity index (χ0v) is 26.8. The van der Waals surface area contributed by atoms with Crippen LogP contribution in [0.2, 0.25) is 0 Å². The summed E-state index contributed by atoms with van der Waals surface area (Å²) in [4.78, 5) is 2.37. The molecular weight excluding hydrogens is 494 g/mol. The number of aliphatic hydroxyl groups excluding tert-OH is 1. The van der Waals surface area contributed by atoms with E-state index in [2.05, 4.69) is 43.9 Å². The Morgan fingerprint density at radius 1 is 0.775 bits per heavy atom. The van der Waals surface area contributed by atoms with Crippen LogP contribution in [0.25, 0.3) is 0 Å². The highest BCUT2D eigenvalue weighted by molar-refractivity contribution is 5.38. The van der Waals surface area contributed by atoms with Crippen molar-refractivity contribution < 1.29 is 14.6 Å². The first-order valence-electron chi connectivity index (χ1n) is 17.4. The average molecular weight is 560 g/mol. The molecular formula is C36H65NO3. The van der Waals surface area contributed by atoms with Crippen molar-refractivity contribution in [2.45, 2.75) is 155 Å². The minimum atomic E-state index is 0.253. The molecule has 1 fully saturated rings. The Morgan fingerprint density at radius 3 is 1.98 bits per heavy atom. The highest BCUT2D eigenvalue weighted by Crippen LogP contribution is 2.26. The number of aliphatic hydroxyl groups is 1. The van der Waals surface area contributed by atoms with Crippen molar-refractivity contribution in [3.05, 3.63) is 23.8 Å². The fourth-order valence-electron chi connectivity index (χ4n) is 6.08. The third-order valence-corrected chi connectivity index (χ3v) is 8.89. The Bertz CT molecular complexity index is 724. The minimum Gasteiger partial charge on any atom is -0.493 e. The SMILES string of the molecule is CCCCCCCCCCCCCCCc1cc(OCCN2CCC[C@H]2CO)cc(OCC(CC)CCCC)c1. The molecule has 1 N–H and O–H groups in total. The Balaban J connectivity index is 1.75. The Hall–Kier alpha value is -1.26. The molecule has 1 unspecified atom stereocenters. The van der Waals surface area contributed by atoms with Crippen LogP contribution in [0.5, 0.6) is 11.5 Å². The summed E-state index contributed by atoms with van der Waals surface area (Å²) < 4.78 is 12.6. The number of aryl methyl sites for hydroxylation is 1. The van der Waals surface area contributed by atoms with E-state index in [4.69, 9.17) is 9.47 Å². The average Bonchev–Trinajstić information content (AvgIpc) is 3.43. The number of benzene rings is 1. The highest BCUT2D eigenvalue weighted by atomic mass is 16.5. The molecule has 1 aromatic rings. The van der Waals surface area contributed by atoms with Gasteiger partial charge in [-0.15, -0.1) is 0 Å². The number of hydrogen-bond donors (Lipinski definition) is 1. The van der Waals surface area contributed by atoms with Crippen molar-refractivity contribution in [2.75, 3.05) is 32.9 Å². The largest absolute Gasteiger partial charge is 0.493 e. The third-order valence-electron chi connectivity index (χ3n) is 8.89. The summed E-state index contributed by atoms with van der Waals surface area (Å²) in [5.41, 5.74) is 1.34. The number of likely N-dealkylation sites (tertiary alicyclic amines) is 1. The molecule has 4 nitrogen and oxygen atoms in total. The van der Waals surface area contributed by atoms with Crippen molar-refractivity contribution in [2.24, 2.45) is 5.92 Å². The van der Waals surface area contributed by atoms with Gasteiger partial charge < -0.3 is 14.6 Å². The molecule has 0 spiro atoms. The quantitative estimate of drug-likeness (QED) is 0.115. The van der Waals surface area contributed by atoms with Crippen LogP contribution in [0, 0.1) is 5.92 Å². The molecule has 232 valence electrons. The summed E-state index contributed by atoms with van der Waals surface area (Å²) in [5, 5.41) is 9.62. The molecule has 40 heavy (non-hydrogen) atoms. The van der Waals surface area contributed by atoms with E-state index in [-0.39, 0.29) is 6.61 Å². The van der Waals surface area contributed by atoms with Crippen LogP contribution in [0.15, 0.2) is 18.2 Å². The van der Waals surface area contributed by atoms with Gasteiger partial charge in [-0.2, -0.15) is 0 Å². The lowest BCUT2D eigenvalue weighted by molar-refractivity contribution is 0.139. The summed E-state index contributed by atoms with van der Waals surface area (Å²) in [6.07, 6.45) is 26.3. The molecule has 2 rings (SSSR count). The molecule has 1 heterocycles. The van der Waals surface area contributed by atoms with Gasteiger partial charge in [0.1, 0.15) is 18.1 Å². The van der Waals surface area contributed by atoms with Gasteiger partial charge in [-0.3, -0.25) is 4.90 Å². The lowest BCUT2D eigenvalue weighted by Gasteiger charge is -2.22. The van der Waals surface area contributed by atoms with Crippen LogP contribution in [0.4, 0.5) is 0 Å². The fourth-order valence-corrected chi connectivity index (χ4v) is 6.08. The zero-order chi connectivity index (χ0) is 28.7. The maximum Gasteiger partial charge on any atom is 0.123 e. The van der Waals surface area contributed by atoms with Crippen LogP contribution < -0.4 is 9.47 Å². The molecule has 4 heteroatoms. The van der Waals surface area contributed by atoms with Gasteiger partial charge in [0.05, 0.1) is 13.2 Å². The van der Waals surface area contributed by atoms with Crippen LogP contribution in [0.1, 0.15) is 148 Å². The summed E-state index contributed by atoms with van der Waals surface area (Å²) in [6.45, 7) is 10.5. The van der Waals surface area contributed by atoms with Crippen molar-refractivity contribution in [1.82, 2.24) is 4.90 Å². The molecule has 1 saturated heterocycles. The van der Waals surface area contributed by atoms with E-state index in [0.717, 1.165) is 44.0 Å². The first kappa shape index (κ1) is 34.9. The number of hydrogen-bond acceptors (Lipinski definition) is 4. The van der Waals surface area contributed by atoms with Gasteiger partial charge in [-0.05, 0) is 62.3 Å². The maximum atomic E-state index is 9.62. The Kier molecular flexibility index (Phi) is 20.4. The first-order chi connectivity index (χ1) is 19.7. The van der Waals surface area contributed by atoms with Gasteiger partial charge in [-0.25, -0.2) is 0 Å². The van der Waals surface area contributed by atoms with E-state index in [1.54, 1.807) is 0 Å². The number of unbranched alkanes of at least 4 members (excludes halogenated alkanes) is 13. The first-order valence-corrected chi connectivity index (χ1v) is 17.4. The fraction of sp³-hybridized carbons (Fsp3) is 0.833. The maximum absolute atomic E-state index is 9.62. The van der Waals surface area contributed by atoms with E-state index >= 15 is 0 Å². The summed E-state index contributed by atoms with van der Waals surface area (Å²) in [7, 11) is 0. The van der Waals surface area contributed by atoms with Crippen molar-refractivity contribution in [1.29, 1.82) is 0 Å². The molecule has 1 aromatic carbocycles. The van der Waals surface area contributed by atoms with Crippen LogP contribution in [0.3, 0.4) is 0 Å². The second kappa shape index (κ2) is 23.3. The predicted molar refractivity (Wildman–Crippen MR) is 172 cm³/mol. The molecule has 2 atom stereocenters. The molecule has 1 aliphatic heterocycles. The van der Waals surface area contributed by atoms with E-state index < -0.39 is 0 Å². The molecule has 0 saturated carbocycles. The highest BCUT2D eigenvalue weighted by Gasteiger charge is 2.23. The molecule has 0 bridgehead atoms. The topological polar surface area (TPSA) is 41.9 Å². The number of ether oxygens (including phenoxy) is 2. The molecule has 0 radical (unpaired) electrons. The van der Waals surface area contributed by atoms with Crippen LogP contribution in [-0.4, -0.2) is 49.0 Å². The minimum absolute atomic E-state index is 0.253. The van der Waals surface area contributed by atoms with E-state index in [1.165, 1.54) is 121 Å². The van der Waals surface area contributed by atoms with Gasteiger partial charge in [-0.1, -0.05) is 117 Å². The van der Waals surface area contributed by atoms with Gasteiger partial charge in [0.25, 0.3) is 0 Å². The molecule has 0 aromatic heterocycles. The summed E-state index contributed by atoms with van der Waals surface area (Å²) in [5.74, 6) is 2.52. The summed E-state index contributed by atoms with van der Waals surface area (Å²) in [6, 6.07) is 6.88. The Morgan fingerprint density at radius 2 is 1.38 bits per heavy atom. The van der Waals surface area contributed by atoms with Crippen molar-refractivity contribution in [3.63, 3.8) is 0 Å². The molecule has 0 amide bonds. The summed E-state index contributed by atoms with van der Waals surface area (Å²) >= 11 is 0. The van der Waals surface area contributed by atoms with Gasteiger partial charge in [0.15, 0.2) is 0 Å². The van der Waals surface area contributed by atoms with Crippen LogP contribution in [-0.2, 0) is 6.42 Å². The smallest absolute Gasteiger partial charge is 0.123 e. The van der Waals surface area contributed by atoms with Gasteiger partial charge in [0.2, 0.25) is 0 Å². The van der Waals surface area contributed by atoms with E-state index in [9.17, 15) is 5.11 Å². The monoisotopic (exact) mass is 559 g/mol. The molecule has 1 aliphatic rings. The van der Waals surface area contributed by atoms with Crippen molar-refractivity contribution >= 4 is 0 Å². The zero-order valence-electron chi connectivity index (χ0n) is 26.8. The normalized spacial score (nSPS) is 16.4. The third kappa shape index (κ3) is 15.7. The van der Waals surface area contributed by atoms with Gasteiger partial charge in [0, 0.05) is 18.7 Å². The lowest BCUT2D eigenvalue weighted by Crippen LogP contribution is -2.35. The van der Waals surface area contributed by atoms with E-state index in [1.807, 2.05) is 0 Å². The number of rotatable bonds is 26. The second-order valence-electron chi connectivity index (χ2n) is 12.4. The van der Waals surface area contributed by atoms with Crippen molar-refractivity contribution in [3.8, 4) is 11.5 Å². The second-order valence-corrected chi connectivity index (χ2v) is 12.4. The van der Waals surface area contributed by atoms with Gasteiger partial charge >= 0.3 is 0 Å². The lowest BCUT2D eigenvalue weighted by atomic mass is 10.0.